The number of rotatable bonds is 6. The number of hydrogen-bond acceptors (Lipinski definition) is 5. The first kappa shape index (κ1) is 15.3. The van der Waals surface area contributed by atoms with Gasteiger partial charge in [0.1, 0.15) is 4.88 Å². The Balaban J connectivity index is 2.16. The van der Waals surface area contributed by atoms with E-state index in [1.807, 2.05) is 25.8 Å². The summed E-state index contributed by atoms with van der Waals surface area (Å²) in [5.41, 5.74) is 0.708. The van der Waals surface area contributed by atoms with Crippen LogP contribution >= 0.6 is 11.3 Å². The molecule has 20 heavy (non-hydrogen) atoms. The van der Waals surface area contributed by atoms with Crippen LogP contribution in [0.3, 0.4) is 0 Å². The Morgan fingerprint density at radius 3 is 2.95 bits per heavy atom. The highest BCUT2D eigenvalue weighted by molar-refractivity contribution is 7.17. The summed E-state index contributed by atoms with van der Waals surface area (Å²) in [6.45, 7) is 5.66. The molecule has 0 aromatic carbocycles. The van der Waals surface area contributed by atoms with Gasteiger partial charge >= 0.3 is 5.97 Å². The Bertz CT molecular complexity index is 469. The minimum absolute atomic E-state index is 0.169. The van der Waals surface area contributed by atoms with Crippen molar-refractivity contribution >= 4 is 22.4 Å². The molecule has 2 rings (SSSR count). The molecular weight excluding hydrogens is 276 g/mol. The van der Waals surface area contributed by atoms with Gasteiger partial charge in [-0.25, -0.2) is 9.78 Å². The third-order valence-corrected chi connectivity index (χ3v) is 4.92. The van der Waals surface area contributed by atoms with Crippen molar-refractivity contribution < 1.29 is 14.6 Å². The number of hydrogen-bond donors (Lipinski definition) is 1. The van der Waals surface area contributed by atoms with Crippen molar-refractivity contribution in [2.45, 2.75) is 45.1 Å². The summed E-state index contributed by atoms with van der Waals surface area (Å²) in [6, 6.07) is 0. The second-order valence-corrected chi connectivity index (χ2v) is 6.32. The molecule has 1 aliphatic rings. The lowest BCUT2D eigenvalue weighted by Gasteiger charge is -2.19. The quantitative estimate of drug-likeness (QED) is 0.875. The predicted octanol–water partition coefficient (Wildman–Crippen LogP) is 2.97. The van der Waals surface area contributed by atoms with Crippen LogP contribution in [0.2, 0.25) is 0 Å². The number of likely N-dealkylation sites (N-methyl/N-ethyl adjacent to an activating group) is 1. The molecule has 1 aromatic heterocycles. The SMILES string of the molecule is CCC(C)c1nc(N(C)CC2CCCO2)sc1C(=O)O. The van der Waals surface area contributed by atoms with E-state index in [9.17, 15) is 9.90 Å². The summed E-state index contributed by atoms with van der Waals surface area (Å²) >= 11 is 1.26. The molecule has 1 N–H and O–H groups in total. The van der Waals surface area contributed by atoms with E-state index in [1.165, 1.54) is 11.3 Å². The minimum atomic E-state index is -0.880. The molecule has 5 nitrogen and oxygen atoms in total. The topological polar surface area (TPSA) is 62.7 Å². The van der Waals surface area contributed by atoms with Crippen molar-refractivity contribution in [3.8, 4) is 0 Å². The van der Waals surface area contributed by atoms with Gasteiger partial charge in [-0.3, -0.25) is 0 Å². The van der Waals surface area contributed by atoms with Gasteiger partial charge in [-0.05, 0) is 25.2 Å². The molecular formula is C14H22N2O3S. The van der Waals surface area contributed by atoms with Gasteiger partial charge in [0.2, 0.25) is 0 Å². The summed E-state index contributed by atoms with van der Waals surface area (Å²) in [5, 5.41) is 10.1. The van der Waals surface area contributed by atoms with E-state index in [0.29, 0.717) is 10.6 Å². The van der Waals surface area contributed by atoms with E-state index in [-0.39, 0.29) is 12.0 Å². The van der Waals surface area contributed by atoms with Crippen LogP contribution in [-0.2, 0) is 4.74 Å². The number of carboxylic acid groups (broad SMARTS) is 1. The monoisotopic (exact) mass is 298 g/mol. The number of aromatic carboxylic acids is 1. The van der Waals surface area contributed by atoms with Gasteiger partial charge in [0.25, 0.3) is 0 Å². The van der Waals surface area contributed by atoms with Gasteiger partial charge in [-0.2, -0.15) is 0 Å². The molecule has 2 heterocycles. The molecule has 2 unspecified atom stereocenters. The molecule has 1 aliphatic heterocycles. The van der Waals surface area contributed by atoms with Crippen LogP contribution < -0.4 is 4.90 Å². The highest BCUT2D eigenvalue weighted by Crippen LogP contribution is 2.32. The molecule has 1 saturated heterocycles. The highest BCUT2D eigenvalue weighted by Gasteiger charge is 2.24. The van der Waals surface area contributed by atoms with Gasteiger partial charge in [-0.1, -0.05) is 25.2 Å². The molecule has 1 fully saturated rings. The highest BCUT2D eigenvalue weighted by atomic mass is 32.1. The number of carboxylic acids is 1. The third-order valence-electron chi connectivity index (χ3n) is 3.74. The lowest BCUT2D eigenvalue weighted by Crippen LogP contribution is -2.28. The lowest BCUT2D eigenvalue weighted by atomic mass is 10.0. The molecule has 0 spiro atoms. The number of nitrogens with zero attached hydrogens (tertiary/aromatic N) is 2. The summed E-state index contributed by atoms with van der Waals surface area (Å²) in [6.07, 6.45) is 3.30. The van der Waals surface area contributed by atoms with E-state index in [1.54, 1.807) is 0 Å². The number of thiazole rings is 1. The second kappa shape index (κ2) is 6.54. The third kappa shape index (κ3) is 3.30. The van der Waals surface area contributed by atoms with Gasteiger partial charge in [-0.15, -0.1) is 0 Å². The zero-order valence-corrected chi connectivity index (χ0v) is 13.1. The molecule has 0 radical (unpaired) electrons. The van der Waals surface area contributed by atoms with Gasteiger partial charge in [0, 0.05) is 20.2 Å². The molecule has 112 valence electrons. The van der Waals surface area contributed by atoms with Gasteiger partial charge < -0.3 is 14.7 Å². The second-order valence-electron chi connectivity index (χ2n) is 5.34. The zero-order chi connectivity index (χ0) is 14.7. The first-order chi connectivity index (χ1) is 9.52. The first-order valence-electron chi connectivity index (χ1n) is 7.09. The number of carbonyl (C=O) groups is 1. The van der Waals surface area contributed by atoms with Crippen molar-refractivity contribution in [1.82, 2.24) is 4.98 Å². The van der Waals surface area contributed by atoms with Crippen molar-refractivity contribution in [3.05, 3.63) is 10.6 Å². The maximum absolute atomic E-state index is 11.3. The van der Waals surface area contributed by atoms with Crippen molar-refractivity contribution in [2.75, 3.05) is 25.1 Å². The molecule has 0 amide bonds. The van der Waals surface area contributed by atoms with Crippen LogP contribution in [0.15, 0.2) is 0 Å². The smallest absolute Gasteiger partial charge is 0.347 e. The molecule has 0 bridgehead atoms. The van der Waals surface area contributed by atoms with Crippen LogP contribution in [0.4, 0.5) is 5.13 Å². The molecule has 2 atom stereocenters. The van der Waals surface area contributed by atoms with Crippen LogP contribution in [0.5, 0.6) is 0 Å². The van der Waals surface area contributed by atoms with Crippen LogP contribution in [0.1, 0.15) is 54.4 Å². The van der Waals surface area contributed by atoms with Crippen molar-refractivity contribution in [2.24, 2.45) is 0 Å². The average Bonchev–Trinajstić information content (AvgIpc) is 3.06. The number of ether oxygens (including phenoxy) is 1. The Labute approximate surface area is 123 Å². The van der Waals surface area contributed by atoms with Crippen molar-refractivity contribution in [3.63, 3.8) is 0 Å². The minimum Gasteiger partial charge on any atom is -0.477 e. The maximum Gasteiger partial charge on any atom is 0.347 e. The average molecular weight is 298 g/mol. The normalized spacial score (nSPS) is 20.1. The fourth-order valence-electron chi connectivity index (χ4n) is 2.34. The Morgan fingerprint density at radius 2 is 2.40 bits per heavy atom. The number of anilines is 1. The van der Waals surface area contributed by atoms with Crippen LogP contribution in [0, 0.1) is 0 Å². The van der Waals surface area contributed by atoms with E-state index in [0.717, 1.165) is 37.5 Å². The molecule has 0 aliphatic carbocycles. The lowest BCUT2D eigenvalue weighted by molar-refractivity contribution is 0.0700. The van der Waals surface area contributed by atoms with Crippen LogP contribution in [0.25, 0.3) is 0 Å². The summed E-state index contributed by atoms with van der Waals surface area (Å²) in [4.78, 5) is 18.3. The summed E-state index contributed by atoms with van der Waals surface area (Å²) in [5.74, 6) is -0.711. The van der Waals surface area contributed by atoms with E-state index >= 15 is 0 Å². The fourth-order valence-corrected chi connectivity index (χ4v) is 3.33. The van der Waals surface area contributed by atoms with E-state index in [4.69, 9.17) is 4.74 Å². The fraction of sp³-hybridized carbons (Fsp3) is 0.714. The van der Waals surface area contributed by atoms with Gasteiger partial charge in [0.15, 0.2) is 5.13 Å². The number of aromatic nitrogens is 1. The summed E-state index contributed by atoms with van der Waals surface area (Å²) < 4.78 is 5.62. The van der Waals surface area contributed by atoms with Crippen LogP contribution in [-0.4, -0.2) is 42.4 Å². The largest absolute Gasteiger partial charge is 0.477 e. The molecule has 6 heteroatoms. The van der Waals surface area contributed by atoms with E-state index < -0.39 is 5.97 Å². The Kier molecular flexibility index (Phi) is 4.99. The van der Waals surface area contributed by atoms with E-state index in [2.05, 4.69) is 4.98 Å². The predicted molar refractivity (Wildman–Crippen MR) is 80.0 cm³/mol. The zero-order valence-electron chi connectivity index (χ0n) is 12.3. The molecule has 1 aromatic rings. The standard InChI is InChI=1S/C14H22N2O3S/c1-4-9(2)11-12(13(17)18)20-14(15-11)16(3)8-10-6-5-7-19-10/h9-10H,4-8H2,1-3H3,(H,17,18). The van der Waals surface area contributed by atoms with Gasteiger partial charge in [0.05, 0.1) is 11.8 Å². The van der Waals surface area contributed by atoms with Crippen molar-refractivity contribution in [1.29, 1.82) is 0 Å². The Hall–Kier alpha value is -1.14. The maximum atomic E-state index is 11.3. The summed E-state index contributed by atoms with van der Waals surface area (Å²) in [7, 11) is 1.95. The molecule has 0 saturated carbocycles. The Morgan fingerprint density at radius 1 is 1.65 bits per heavy atom. The first-order valence-corrected chi connectivity index (χ1v) is 7.91.